The molecule has 0 saturated carbocycles. The van der Waals surface area contributed by atoms with Crippen molar-refractivity contribution in [3.63, 3.8) is 0 Å². The maximum absolute atomic E-state index is 11.6. The number of rotatable bonds is 3. The van der Waals surface area contributed by atoms with Crippen molar-refractivity contribution < 1.29 is 14.1 Å². The number of nitrogens with two attached hydrogens (primary N) is 1. The summed E-state index contributed by atoms with van der Waals surface area (Å²) in [5.41, 5.74) is 5.09. The Hall–Kier alpha value is -1.96. The average Bonchev–Trinajstić information content (AvgIpc) is 2.80. The van der Waals surface area contributed by atoms with E-state index in [2.05, 4.69) is 10.1 Å². The molecule has 0 spiro atoms. The minimum absolute atomic E-state index is 0.0227. The van der Waals surface area contributed by atoms with Crippen molar-refractivity contribution in [1.82, 2.24) is 19.9 Å². The largest absolute Gasteiger partial charge is 0.337 e. The van der Waals surface area contributed by atoms with Crippen LogP contribution in [0.15, 0.2) is 4.52 Å². The Labute approximate surface area is 104 Å². The van der Waals surface area contributed by atoms with Gasteiger partial charge in [0.25, 0.3) is 5.91 Å². The van der Waals surface area contributed by atoms with Crippen molar-refractivity contribution in [2.75, 3.05) is 13.6 Å². The Morgan fingerprint density at radius 1 is 1.44 bits per heavy atom. The van der Waals surface area contributed by atoms with Gasteiger partial charge in [-0.25, -0.2) is 4.79 Å². The van der Waals surface area contributed by atoms with Crippen molar-refractivity contribution in [2.45, 2.75) is 25.9 Å². The molecule has 1 saturated heterocycles. The molecule has 1 fully saturated rings. The van der Waals surface area contributed by atoms with E-state index in [1.807, 2.05) is 0 Å². The lowest BCUT2D eigenvalue weighted by atomic mass is 10.1. The monoisotopic (exact) mass is 253 g/mol. The van der Waals surface area contributed by atoms with Crippen molar-refractivity contribution in [1.29, 1.82) is 0 Å². The van der Waals surface area contributed by atoms with Crippen molar-refractivity contribution in [3.8, 4) is 0 Å². The van der Waals surface area contributed by atoms with E-state index in [1.165, 1.54) is 4.90 Å². The smallest absolute Gasteiger partial charge is 0.327 e. The molecule has 0 unspecified atom stereocenters. The zero-order chi connectivity index (χ0) is 13.5. The van der Waals surface area contributed by atoms with Crippen LogP contribution in [0.1, 0.15) is 25.6 Å². The summed E-state index contributed by atoms with van der Waals surface area (Å²) in [5, 5.41) is 3.72. The number of hydrogen-bond acceptors (Lipinski definition) is 6. The summed E-state index contributed by atoms with van der Waals surface area (Å²) in [7, 11) is 1.56. The van der Waals surface area contributed by atoms with Crippen LogP contribution in [0.3, 0.4) is 0 Å². The predicted octanol–water partition coefficient (Wildman–Crippen LogP) is -0.343. The molecule has 1 aliphatic heterocycles. The van der Waals surface area contributed by atoms with E-state index in [1.54, 1.807) is 20.9 Å². The molecule has 1 aliphatic rings. The molecule has 0 bridgehead atoms. The quantitative estimate of drug-likeness (QED) is 0.738. The number of carbonyl (C=O) groups excluding carboxylic acids is 2. The van der Waals surface area contributed by atoms with Gasteiger partial charge in [0.2, 0.25) is 5.89 Å². The third kappa shape index (κ3) is 2.19. The van der Waals surface area contributed by atoms with Gasteiger partial charge in [0.05, 0.1) is 5.54 Å². The summed E-state index contributed by atoms with van der Waals surface area (Å²) in [6.45, 7) is 3.52. The van der Waals surface area contributed by atoms with Gasteiger partial charge in [0.1, 0.15) is 13.1 Å². The van der Waals surface area contributed by atoms with Crippen LogP contribution in [0, 0.1) is 0 Å². The van der Waals surface area contributed by atoms with Crippen LogP contribution in [-0.2, 0) is 16.9 Å². The second-order valence-corrected chi connectivity index (χ2v) is 4.85. The minimum atomic E-state index is -0.725. The summed E-state index contributed by atoms with van der Waals surface area (Å²) in [5.74, 6) is 0.250. The lowest BCUT2D eigenvalue weighted by molar-refractivity contribution is -0.125. The third-order valence-corrected chi connectivity index (χ3v) is 2.57. The molecule has 98 valence electrons. The van der Waals surface area contributed by atoms with Gasteiger partial charge in [-0.2, -0.15) is 4.98 Å². The van der Waals surface area contributed by atoms with Gasteiger partial charge in [0.15, 0.2) is 5.82 Å². The Morgan fingerprint density at radius 2 is 2.11 bits per heavy atom. The first-order chi connectivity index (χ1) is 8.29. The number of amides is 3. The third-order valence-electron chi connectivity index (χ3n) is 2.57. The highest BCUT2D eigenvalue weighted by Gasteiger charge is 2.35. The van der Waals surface area contributed by atoms with Crippen LogP contribution < -0.4 is 5.73 Å². The van der Waals surface area contributed by atoms with E-state index in [0.717, 1.165) is 4.90 Å². The van der Waals surface area contributed by atoms with Crippen LogP contribution in [0.4, 0.5) is 4.79 Å². The zero-order valence-corrected chi connectivity index (χ0v) is 10.5. The van der Waals surface area contributed by atoms with Crippen molar-refractivity contribution in [2.24, 2.45) is 5.73 Å². The second kappa shape index (κ2) is 4.05. The summed E-state index contributed by atoms with van der Waals surface area (Å²) in [4.78, 5) is 29.7. The molecule has 0 aliphatic carbocycles. The van der Waals surface area contributed by atoms with Gasteiger partial charge in [0, 0.05) is 7.05 Å². The summed E-state index contributed by atoms with van der Waals surface area (Å²) in [6, 6.07) is -0.369. The molecule has 3 amide bonds. The van der Waals surface area contributed by atoms with Gasteiger partial charge >= 0.3 is 6.03 Å². The molecule has 0 radical (unpaired) electrons. The minimum Gasteiger partial charge on any atom is -0.337 e. The van der Waals surface area contributed by atoms with E-state index in [4.69, 9.17) is 10.3 Å². The van der Waals surface area contributed by atoms with Crippen LogP contribution in [0.5, 0.6) is 0 Å². The number of hydrogen-bond donors (Lipinski definition) is 1. The van der Waals surface area contributed by atoms with Crippen molar-refractivity contribution >= 4 is 11.9 Å². The first kappa shape index (κ1) is 12.5. The lowest BCUT2D eigenvalue weighted by Crippen LogP contribution is -2.32. The molecule has 0 aromatic carbocycles. The topological polar surface area (TPSA) is 106 Å². The molecule has 2 rings (SSSR count). The number of aromatic nitrogens is 2. The van der Waals surface area contributed by atoms with Crippen LogP contribution in [0.2, 0.25) is 0 Å². The molecule has 18 heavy (non-hydrogen) atoms. The molecule has 1 aromatic heterocycles. The van der Waals surface area contributed by atoms with E-state index < -0.39 is 5.54 Å². The zero-order valence-electron chi connectivity index (χ0n) is 10.5. The number of imide groups is 1. The van der Waals surface area contributed by atoms with Crippen LogP contribution in [-0.4, -0.2) is 45.5 Å². The molecule has 2 N–H and O–H groups in total. The number of urea groups is 1. The standard InChI is InChI=1S/C10H15N5O3/c1-10(2,11)8-12-6(18-13-8)4-15-7(16)5-14(3)9(15)17/h4-5,11H2,1-3H3. The normalized spacial score (nSPS) is 16.9. The van der Waals surface area contributed by atoms with E-state index in [-0.39, 0.29) is 30.9 Å². The Kier molecular flexibility index (Phi) is 2.81. The highest BCUT2D eigenvalue weighted by Crippen LogP contribution is 2.16. The Bertz CT molecular complexity index is 490. The summed E-state index contributed by atoms with van der Waals surface area (Å²) in [6.07, 6.45) is 0. The Morgan fingerprint density at radius 3 is 2.56 bits per heavy atom. The van der Waals surface area contributed by atoms with Crippen LogP contribution in [0.25, 0.3) is 0 Å². The fourth-order valence-corrected chi connectivity index (χ4v) is 1.54. The fourth-order valence-electron chi connectivity index (χ4n) is 1.54. The second-order valence-electron chi connectivity index (χ2n) is 4.85. The van der Waals surface area contributed by atoms with Gasteiger partial charge in [-0.15, -0.1) is 0 Å². The maximum atomic E-state index is 11.6. The molecule has 1 aromatic rings. The van der Waals surface area contributed by atoms with Gasteiger partial charge in [-0.05, 0) is 13.8 Å². The molecule has 2 heterocycles. The van der Waals surface area contributed by atoms with Gasteiger partial charge in [-0.1, -0.05) is 5.16 Å². The molecule has 8 nitrogen and oxygen atoms in total. The van der Waals surface area contributed by atoms with Gasteiger partial charge in [-0.3, -0.25) is 9.69 Å². The predicted molar refractivity (Wildman–Crippen MR) is 60.1 cm³/mol. The van der Waals surface area contributed by atoms with E-state index >= 15 is 0 Å². The molecular weight excluding hydrogens is 238 g/mol. The maximum Gasteiger partial charge on any atom is 0.327 e. The van der Waals surface area contributed by atoms with E-state index in [0.29, 0.717) is 5.82 Å². The number of carbonyl (C=O) groups is 2. The number of nitrogens with zero attached hydrogens (tertiary/aromatic N) is 4. The van der Waals surface area contributed by atoms with Crippen molar-refractivity contribution in [3.05, 3.63) is 11.7 Å². The Balaban J connectivity index is 2.13. The van der Waals surface area contributed by atoms with Crippen LogP contribution >= 0.6 is 0 Å². The molecule has 8 heteroatoms. The number of likely N-dealkylation sites (N-methyl/N-ethyl adjacent to an activating group) is 1. The first-order valence-corrected chi connectivity index (χ1v) is 5.46. The summed E-state index contributed by atoms with van der Waals surface area (Å²) < 4.78 is 4.98. The highest BCUT2D eigenvalue weighted by atomic mass is 16.5. The molecule has 0 atom stereocenters. The average molecular weight is 253 g/mol. The SMILES string of the molecule is CN1CC(=O)N(Cc2nc(C(C)(C)N)no2)C1=O. The molecular formula is C10H15N5O3. The lowest BCUT2D eigenvalue weighted by Gasteiger charge is -2.12. The summed E-state index contributed by atoms with van der Waals surface area (Å²) >= 11 is 0. The first-order valence-electron chi connectivity index (χ1n) is 5.46. The van der Waals surface area contributed by atoms with E-state index in [9.17, 15) is 9.59 Å². The fraction of sp³-hybridized carbons (Fsp3) is 0.600. The van der Waals surface area contributed by atoms with Gasteiger partial charge < -0.3 is 15.2 Å². The highest BCUT2D eigenvalue weighted by molar-refractivity contribution is 6.01.